The Hall–Kier alpha value is -0.541. The van der Waals surface area contributed by atoms with E-state index in [2.05, 4.69) is 18.1 Å². The molecule has 0 aromatic heterocycles. The van der Waals surface area contributed by atoms with Crippen LogP contribution in [0.4, 0.5) is 0 Å². The normalized spacial score (nSPS) is 12.0. The third kappa shape index (κ3) is 16.7. The van der Waals surface area contributed by atoms with E-state index in [4.69, 9.17) is 4.74 Å². The molecule has 0 saturated heterocycles. The first-order chi connectivity index (χ1) is 12.1. The number of hydrogen-bond donors (Lipinski definition) is 1. The summed E-state index contributed by atoms with van der Waals surface area (Å²) in [6.45, 7) is 4.17. The summed E-state index contributed by atoms with van der Waals surface area (Å²) in [5.41, 5.74) is 0. The second-order valence-electron chi connectivity index (χ2n) is 6.74. The first-order valence-electron chi connectivity index (χ1n) is 10.0. The zero-order valence-corrected chi connectivity index (χ0v) is 18.3. The fourth-order valence-corrected chi connectivity index (χ4v) is 3.76. The van der Waals surface area contributed by atoms with Gasteiger partial charge in [-0.1, -0.05) is 39.0 Å². The number of nitrogens with one attached hydrogen (secondary N) is 1. The minimum absolute atomic E-state index is 0.166. The van der Waals surface area contributed by atoms with Crippen LogP contribution < -0.4 is 5.32 Å². The molecule has 0 rings (SSSR count). The number of hydrogen-bond acceptors (Lipinski definition) is 3. The van der Waals surface area contributed by atoms with Crippen molar-refractivity contribution in [2.24, 2.45) is 0 Å². The van der Waals surface area contributed by atoms with Gasteiger partial charge in [-0.05, 0) is 0 Å². The molecule has 0 heterocycles. The molecule has 1 N–H and O–H groups in total. The molecule has 4 nitrogen and oxygen atoms in total. The van der Waals surface area contributed by atoms with Crippen LogP contribution in [-0.2, 0) is 14.3 Å². The van der Waals surface area contributed by atoms with Crippen LogP contribution >= 0.6 is 0 Å². The van der Waals surface area contributed by atoms with E-state index in [1.807, 2.05) is 0 Å². The number of ether oxygens (including phenoxy) is 1. The standard InChI is InChI=1S/C20H39NO3Se/c1-4-5-6-7-8-9-10-11-12-13-14-16-24-20(23)19(15-17-25-3)21-18(2)22/h19H,4-17H2,1-3H3,(H,21,22)/t19-/m0/s1. The number of unbranched alkanes of at least 4 members (excludes halogenated alkanes) is 10. The number of amides is 1. The Morgan fingerprint density at radius 3 is 1.92 bits per heavy atom. The average Bonchev–Trinajstić information content (AvgIpc) is 2.59. The van der Waals surface area contributed by atoms with Gasteiger partial charge >= 0.3 is 122 Å². The van der Waals surface area contributed by atoms with Crippen LogP contribution in [0.25, 0.3) is 0 Å². The number of carbonyl (C=O) groups excluding carboxylic acids is 2. The van der Waals surface area contributed by atoms with E-state index >= 15 is 0 Å². The predicted molar refractivity (Wildman–Crippen MR) is 106 cm³/mol. The molecular formula is C20H39NO3Se. The van der Waals surface area contributed by atoms with Gasteiger partial charge in [-0.25, -0.2) is 0 Å². The fraction of sp³-hybridized carbons (Fsp3) is 0.900. The van der Waals surface area contributed by atoms with Gasteiger partial charge in [-0.3, -0.25) is 0 Å². The van der Waals surface area contributed by atoms with Crippen molar-refractivity contribution in [3.8, 4) is 0 Å². The monoisotopic (exact) mass is 421 g/mol. The Balaban J connectivity index is 3.55. The Kier molecular flexibility index (Phi) is 17.9. The van der Waals surface area contributed by atoms with Gasteiger partial charge in [0.2, 0.25) is 0 Å². The molecule has 0 aromatic rings. The van der Waals surface area contributed by atoms with Crippen molar-refractivity contribution in [3.63, 3.8) is 0 Å². The molecule has 5 heteroatoms. The summed E-state index contributed by atoms with van der Waals surface area (Å²) in [7, 11) is 0. The molecule has 0 bridgehead atoms. The molecule has 0 spiro atoms. The third-order valence-electron chi connectivity index (χ3n) is 4.26. The van der Waals surface area contributed by atoms with Crippen molar-refractivity contribution >= 4 is 26.8 Å². The summed E-state index contributed by atoms with van der Waals surface area (Å²) in [6, 6.07) is -0.466. The third-order valence-corrected chi connectivity index (χ3v) is 5.62. The molecule has 0 radical (unpaired) electrons. The van der Waals surface area contributed by atoms with Crippen LogP contribution in [0.15, 0.2) is 0 Å². The summed E-state index contributed by atoms with van der Waals surface area (Å²) >= 11 is 0.507. The van der Waals surface area contributed by atoms with Crippen LogP contribution in [0.1, 0.15) is 90.9 Å². The van der Waals surface area contributed by atoms with Crippen LogP contribution in [0.5, 0.6) is 0 Å². The zero-order valence-electron chi connectivity index (χ0n) is 16.6. The Labute approximate surface area is 161 Å². The van der Waals surface area contributed by atoms with Gasteiger partial charge in [0, 0.05) is 0 Å². The first-order valence-corrected chi connectivity index (χ1v) is 13.0. The van der Waals surface area contributed by atoms with Crippen LogP contribution in [0.2, 0.25) is 11.1 Å². The van der Waals surface area contributed by atoms with E-state index in [9.17, 15) is 9.59 Å². The van der Waals surface area contributed by atoms with Gasteiger partial charge in [-0.2, -0.15) is 0 Å². The second kappa shape index (κ2) is 18.3. The van der Waals surface area contributed by atoms with Gasteiger partial charge in [0.25, 0.3) is 0 Å². The summed E-state index contributed by atoms with van der Waals surface area (Å²) in [5.74, 6) is 1.70. The van der Waals surface area contributed by atoms with Crippen molar-refractivity contribution in [2.45, 2.75) is 108 Å². The van der Waals surface area contributed by atoms with E-state index in [1.54, 1.807) is 0 Å². The molecule has 0 aliphatic carbocycles. The van der Waals surface area contributed by atoms with Crippen LogP contribution in [0, 0.1) is 0 Å². The molecule has 0 unspecified atom stereocenters. The van der Waals surface area contributed by atoms with E-state index in [0.717, 1.165) is 18.2 Å². The van der Waals surface area contributed by atoms with Crippen molar-refractivity contribution in [2.75, 3.05) is 6.61 Å². The van der Waals surface area contributed by atoms with E-state index in [0.29, 0.717) is 28.0 Å². The molecule has 0 saturated carbocycles. The molecule has 0 aromatic carbocycles. The van der Waals surface area contributed by atoms with Crippen molar-refractivity contribution in [1.29, 1.82) is 0 Å². The summed E-state index contributed by atoms with van der Waals surface area (Å²) in [5, 5.41) is 3.68. The van der Waals surface area contributed by atoms with Gasteiger partial charge < -0.3 is 0 Å². The Morgan fingerprint density at radius 1 is 0.920 bits per heavy atom. The topological polar surface area (TPSA) is 55.4 Å². The minimum atomic E-state index is -0.466. The van der Waals surface area contributed by atoms with Crippen molar-refractivity contribution in [3.05, 3.63) is 0 Å². The van der Waals surface area contributed by atoms with Gasteiger partial charge in [0.15, 0.2) is 0 Å². The molecule has 0 fully saturated rings. The molecule has 1 amide bonds. The zero-order chi connectivity index (χ0) is 18.8. The Bertz CT molecular complexity index is 337. The average molecular weight is 420 g/mol. The first kappa shape index (κ1) is 24.5. The summed E-state index contributed by atoms with van der Waals surface area (Å²) in [4.78, 5) is 23.2. The summed E-state index contributed by atoms with van der Waals surface area (Å²) < 4.78 is 5.34. The molecule has 1 atom stereocenters. The molecule has 0 aliphatic heterocycles. The second-order valence-corrected chi connectivity index (χ2v) is 8.81. The number of esters is 1. The SMILES string of the molecule is CCCCCCCCCCCCCOC(=O)[C@H](CC[Se]C)NC(C)=O. The molecule has 148 valence electrons. The molecule has 25 heavy (non-hydrogen) atoms. The maximum absolute atomic E-state index is 12.0. The Morgan fingerprint density at radius 2 is 1.44 bits per heavy atom. The summed E-state index contributed by atoms with van der Waals surface area (Å²) in [6.07, 6.45) is 14.8. The fourth-order valence-electron chi connectivity index (χ4n) is 2.77. The maximum atomic E-state index is 12.0. The van der Waals surface area contributed by atoms with Crippen LogP contribution in [-0.4, -0.2) is 39.5 Å². The molecular weight excluding hydrogens is 381 g/mol. The van der Waals surface area contributed by atoms with Gasteiger partial charge in [-0.15, -0.1) is 0 Å². The van der Waals surface area contributed by atoms with E-state index < -0.39 is 6.04 Å². The van der Waals surface area contributed by atoms with Crippen LogP contribution in [0.3, 0.4) is 0 Å². The number of carbonyl (C=O) groups is 2. The quantitative estimate of drug-likeness (QED) is 0.207. The van der Waals surface area contributed by atoms with Crippen molar-refractivity contribution < 1.29 is 14.3 Å². The van der Waals surface area contributed by atoms with Gasteiger partial charge in [0.05, 0.1) is 0 Å². The van der Waals surface area contributed by atoms with Crippen molar-refractivity contribution in [1.82, 2.24) is 5.32 Å². The molecule has 0 aliphatic rings. The van der Waals surface area contributed by atoms with Gasteiger partial charge in [0.1, 0.15) is 0 Å². The predicted octanol–water partition coefficient (Wildman–Crippen LogP) is 4.91. The number of rotatable bonds is 17. The van der Waals surface area contributed by atoms with E-state index in [1.165, 1.54) is 64.7 Å². The van der Waals surface area contributed by atoms with E-state index in [-0.39, 0.29) is 11.9 Å².